The Hall–Kier alpha value is -0.830. The number of allylic oxidation sites excluding steroid dienone is 1. The van der Waals surface area contributed by atoms with Gasteiger partial charge in [0.15, 0.2) is 0 Å². The molecular formula is C10H16O3. The van der Waals surface area contributed by atoms with Crippen LogP contribution in [0.2, 0.25) is 0 Å². The Morgan fingerprint density at radius 3 is 2.38 bits per heavy atom. The van der Waals surface area contributed by atoms with Gasteiger partial charge < -0.3 is 10.2 Å². The quantitative estimate of drug-likeness (QED) is 0.640. The second-order valence-electron chi connectivity index (χ2n) is 3.73. The summed E-state index contributed by atoms with van der Waals surface area (Å²) in [6, 6.07) is 0. The van der Waals surface area contributed by atoms with Gasteiger partial charge in [0.1, 0.15) is 0 Å². The topological polar surface area (TPSA) is 57.5 Å². The van der Waals surface area contributed by atoms with Gasteiger partial charge in [-0.05, 0) is 31.6 Å². The van der Waals surface area contributed by atoms with E-state index in [1.807, 2.05) is 0 Å². The molecule has 0 aliphatic heterocycles. The van der Waals surface area contributed by atoms with Crippen molar-refractivity contribution < 1.29 is 15.0 Å². The highest BCUT2D eigenvalue weighted by atomic mass is 16.4. The summed E-state index contributed by atoms with van der Waals surface area (Å²) in [5, 5.41) is 17.6. The van der Waals surface area contributed by atoms with E-state index in [1.165, 1.54) is 0 Å². The van der Waals surface area contributed by atoms with Gasteiger partial charge in [-0.15, -0.1) is 0 Å². The standard InChI is InChI=1S/C10H16O3/c1-7-2-4-8(5-3-7)9(6-11)10(12)13/h7,11H,2-6H2,1H3,(H,12,13). The Morgan fingerprint density at radius 1 is 1.46 bits per heavy atom. The number of carboxylic acid groups (broad SMARTS) is 1. The van der Waals surface area contributed by atoms with Crippen LogP contribution in [0.3, 0.4) is 0 Å². The minimum absolute atomic E-state index is 0.215. The summed E-state index contributed by atoms with van der Waals surface area (Å²) in [5.41, 5.74) is 1.15. The van der Waals surface area contributed by atoms with Crippen LogP contribution in [-0.4, -0.2) is 22.8 Å². The number of hydrogen-bond acceptors (Lipinski definition) is 2. The average molecular weight is 184 g/mol. The van der Waals surface area contributed by atoms with Crippen molar-refractivity contribution in [3.8, 4) is 0 Å². The first-order valence-electron chi connectivity index (χ1n) is 4.70. The van der Waals surface area contributed by atoms with Crippen molar-refractivity contribution >= 4 is 5.97 Å². The van der Waals surface area contributed by atoms with E-state index in [1.54, 1.807) is 0 Å². The molecule has 1 aliphatic carbocycles. The van der Waals surface area contributed by atoms with Crippen molar-refractivity contribution in [2.24, 2.45) is 5.92 Å². The maximum Gasteiger partial charge on any atom is 0.333 e. The Labute approximate surface area is 78.1 Å². The highest BCUT2D eigenvalue weighted by molar-refractivity contribution is 5.87. The van der Waals surface area contributed by atoms with Gasteiger partial charge in [-0.2, -0.15) is 0 Å². The van der Waals surface area contributed by atoms with Gasteiger partial charge in [0.25, 0.3) is 0 Å². The molecular weight excluding hydrogens is 168 g/mol. The smallest absolute Gasteiger partial charge is 0.333 e. The largest absolute Gasteiger partial charge is 0.478 e. The van der Waals surface area contributed by atoms with Crippen LogP contribution >= 0.6 is 0 Å². The third kappa shape index (κ3) is 2.56. The fourth-order valence-corrected chi connectivity index (χ4v) is 1.74. The molecule has 2 N–H and O–H groups in total. The molecule has 0 aromatic rings. The molecule has 1 rings (SSSR count). The van der Waals surface area contributed by atoms with Crippen LogP contribution in [0.4, 0.5) is 0 Å². The highest BCUT2D eigenvalue weighted by Gasteiger charge is 2.18. The van der Waals surface area contributed by atoms with Crippen LogP contribution in [0.5, 0.6) is 0 Å². The average Bonchev–Trinajstić information content (AvgIpc) is 2.09. The molecule has 0 atom stereocenters. The van der Waals surface area contributed by atoms with E-state index in [2.05, 4.69) is 6.92 Å². The fourth-order valence-electron chi connectivity index (χ4n) is 1.74. The van der Waals surface area contributed by atoms with Crippen LogP contribution in [0.15, 0.2) is 11.1 Å². The molecule has 0 saturated heterocycles. The van der Waals surface area contributed by atoms with E-state index in [9.17, 15) is 4.79 Å². The summed E-state index contributed by atoms with van der Waals surface area (Å²) in [5.74, 6) is -0.274. The molecule has 1 fully saturated rings. The summed E-state index contributed by atoms with van der Waals surface area (Å²) in [4.78, 5) is 10.7. The van der Waals surface area contributed by atoms with Crippen LogP contribution in [0.1, 0.15) is 32.6 Å². The lowest BCUT2D eigenvalue weighted by Crippen LogP contribution is -2.13. The van der Waals surface area contributed by atoms with E-state index in [0.29, 0.717) is 5.92 Å². The lowest BCUT2D eigenvalue weighted by atomic mass is 9.85. The first-order valence-corrected chi connectivity index (χ1v) is 4.70. The Morgan fingerprint density at radius 2 is 2.00 bits per heavy atom. The SMILES string of the molecule is CC1CCC(=C(CO)C(=O)O)CC1. The molecule has 74 valence electrons. The van der Waals surface area contributed by atoms with Crippen LogP contribution in [0, 0.1) is 5.92 Å². The summed E-state index contributed by atoms with van der Waals surface area (Å²) >= 11 is 0. The van der Waals surface area contributed by atoms with E-state index in [-0.39, 0.29) is 12.2 Å². The van der Waals surface area contributed by atoms with E-state index >= 15 is 0 Å². The second-order valence-corrected chi connectivity index (χ2v) is 3.73. The predicted molar refractivity (Wildman–Crippen MR) is 49.4 cm³/mol. The lowest BCUT2D eigenvalue weighted by molar-refractivity contribution is -0.133. The zero-order valence-electron chi connectivity index (χ0n) is 7.92. The first kappa shape index (κ1) is 10.3. The first-order chi connectivity index (χ1) is 6.15. The zero-order valence-corrected chi connectivity index (χ0v) is 7.92. The minimum Gasteiger partial charge on any atom is -0.478 e. The molecule has 0 unspecified atom stereocenters. The second kappa shape index (κ2) is 4.42. The molecule has 3 nitrogen and oxygen atoms in total. The van der Waals surface area contributed by atoms with Gasteiger partial charge in [0.2, 0.25) is 0 Å². The number of aliphatic hydroxyl groups excluding tert-OH is 1. The molecule has 0 bridgehead atoms. The maximum absolute atomic E-state index is 10.7. The molecule has 1 saturated carbocycles. The molecule has 13 heavy (non-hydrogen) atoms. The fraction of sp³-hybridized carbons (Fsp3) is 0.700. The maximum atomic E-state index is 10.7. The molecule has 0 aromatic heterocycles. The molecule has 0 amide bonds. The van der Waals surface area contributed by atoms with Crippen molar-refractivity contribution in [1.82, 2.24) is 0 Å². The number of aliphatic carboxylic acids is 1. The lowest BCUT2D eigenvalue weighted by Gasteiger charge is -2.21. The number of hydrogen-bond donors (Lipinski definition) is 2. The molecule has 3 heteroatoms. The van der Waals surface area contributed by atoms with Crippen molar-refractivity contribution in [2.45, 2.75) is 32.6 Å². The van der Waals surface area contributed by atoms with Gasteiger partial charge in [0.05, 0.1) is 12.2 Å². The molecule has 0 aromatic carbocycles. The Bertz CT molecular complexity index is 220. The van der Waals surface area contributed by atoms with Gasteiger partial charge in [0, 0.05) is 0 Å². The van der Waals surface area contributed by atoms with Gasteiger partial charge in [-0.25, -0.2) is 4.79 Å². The van der Waals surface area contributed by atoms with E-state index < -0.39 is 5.97 Å². The summed E-state index contributed by atoms with van der Waals surface area (Å²) in [6.45, 7) is 1.84. The third-order valence-electron chi connectivity index (χ3n) is 2.72. The van der Waals surface area contributed by atoms with Crippen molar-refractivity contribution in [3.63, 3.8) is 0 Å². The van der Waals surface area contributed by atoms with Crippen molar-refractivity contribution in [1.29, 1.82) is 0 Å². The van der Waals surface area contributed by atoms with E-state index in [4.69, 9.17) is 10.2 Å². The third-order valence-corrected chi connectivity index (χ3v) is 2.72. The number of carboxylic acids is 1. The molecule has 1 aliphatic rings. The number of carbonyl (C=O) groups is 1. The van der Waals surface area contributed by atoms with Gasteiger partial charge >= 0.3 is 5.97 Å². The summed E-state index contributed by atoms with van der Waals surface area (Å²) in [6.07, 6.45) is 3.77. The van der Waals surface area contributed by atoms with Crippen LogP contribution in [0.25, 0.3) is 0 Å². The van der Waals surface area contributed by atoms with Crippen molar-refractivity contribution in [2.75, 3.05) is 6.61 Å². The minimum atomic E-state index is -0.966. The normalized spacial score (nSPS) is 22.9. The Balaban J connectivity index is 2.72. The Kier molecular flexibility index (Phi) is 3.48. The molecule has 0 spiro atoms. The van der Waals surface area contributed by atoms with Crippen LogP contribution < -0.4 is 0 Å². The van der Waals surface area contributed by atoms with Gasteiger partial charge in [-0.3, -0.25) is 0 Å². The van der Waals surface area contributed by atoms with Crippen molar-refractivity contribution in [3.05, 3.63) is 11.1 Å². The van der Waals surface area contributed by atoms with E-state index in [0.717, 1.165) is 31.3 Å². The molecule has 0 heterocycles. The summed E-state index contributed by atoms with van der Waals surface area (Å²) in [7, 11) is 0. The molecule has 0 radical (unpaired) electrons. The predicted octanol–water partition coefficient (Wildman–Crippen LogP) is 1.57. The number of rotatable bonds is 2. The highest BCUT2D eigenvalue weighted by Crippen LogP contribution is 2.29. The number of aliphatic hydroxyl groups is 1. The zero-order chi connectivity index (χ0) is 9.84. The summed E-state index contributed by atoms with van der Waals surface area (Å²) < 4.78 is 0. The monoisotopic (exact) mass is 184 g/mol. The van der Waals surface area contributed by atoms with Crippen LogP contribution in [-0.2, 0) is 4.79 Å². The van der Waals surface area contributed by atoms with Gasteiger partial charge in [-0.1, -0.05) is 12.5 Å².